The molecule has 112 valence electrons. The van der Waals surface area contributed by atoms with Gasteiger partial charge in [-0.2, -0.15) is 0 Å². The number of nitrogens with two attached hydrogens (primary N) is 1. The van der Waals surface area contributed by atoms with Crippen molar-refractivity contribution in [1.29, 1.82) is 0 Å². The lowest BCUT2D eigenvalue weighted by atomic mass is 10.3. The highest BCUT2D eigenvalue weighted by Gasteiger charge is 2.24. The van der Waals surface area contributed by atoms with E-state index in [-0.39, 0.29) is 5.69 Å². The first-order valence-electron chi connectivity index (χ1n) is 5.43. The number of nitrogen functional groups attached to an aromatic ring is 1. The van der Waals surface area contributed by atoms with Crippen molar-refractivity contribution >= 4 is 37.3 Å². The number of nitrogens with one attached hydrogen (secondary N) is 1. The molecule has 0 unspecified atom stereocenters. The van der Waals surface area contributed by atoms with Crippen molar-refractivity contribution in [3.63, 3.8) is 0 Å². The van der Waals surface area contributed by atoms with Gasteiger partial charge in [-0.1, -0.05) is 15.9 Å². The van der Waals surface area contributed by atoms with E-state index in [1.165, 1.54) is 6.07 Å². The second-order valence-corrected chi connectivity index (χ2v) is 6.61. The van der Waals surface area contributed by atoms with Crippen molar-refractivity contribution in [2.24, 2.45) is 0 Å². The van der Waals surface area contributed by atoms with Gasteiger partial charge in [0.25, 0.3) is 10.0 Å². The molecule has 2 rings (SSSR count). The Morgan fingerprint density at radius 3 is 2.38 bits per heavy atom. The molecular formula is C12H8BrF3N2O2S. The van der Waals surface area contributed by atoms with Crippen molar-refractivity contribution in [2.45, 2.75) is 4.90 Å². The number of sulfonamides is 1. The van der Waals surface area contributed by atoms with Gasteiger partial charge < -0.3 is 5.73 Å². The Kier molecular flexibility index (Phi) is 4.15. The normalized spacial score (nSPS) is 11.4. The second kappa shape index (κ2) is 5.57. The van der Waals surface area contributed by atoms with E-state index in [1.807, 2.05) is 4.72 Å². The highest BCUT2D eigenvalue weighted by molar-refractivity contribution is 9.10. The monoisotopic (exact) mass is 380 g/mol. The van der Waals surface area contributed by atoms with Gasteiger partial charge in [-0.05, 0) is 30.3 Å². The van der Waals surface area contributed by atoms with Gasteiger partial charge >= 0.3 is 0 Å². The number of halogens is 4. The van der Waals surface area contributed by atoms with Gasteiger partial charge in [0.15, 0.2) is 11.6 Å². The minimum Gasteiger partial charge on any atom is -0.399 e. The molecule has 0 aliphatic heterocycles. The standard InChI is InChI=1S/C12H8BrF3N2O2S/c13-6-1-2-8(14)10(3-6)18-21(19,20)11-5-7(17)4-9(15)12(11)16/h1-5,18H,17H2. The molecule has 0 bridgehead atoms. The second-order valence-electron chi connectivity index (χ2n) is 4.04. The molecule has 0 fully saturated rings. The lowest BCUT2D eigenvalue weighted by Gasteiger charge is -2.11. The van der Waals surface area contributed by atoms with Gasteiger partial charge in [-0.25, -0.2) is 21.6 Å². The zero-order valence-electron chi connectivity index (χ0n) is 10.2. The molecule has 2 aromatic carbocycles. The molecule has 0 spiro atoms. The summed E-state index contributed by atoms with van der Waals surface area (Å²) in [4.78, 5) is -1.00. The van der Waals surface area contributed by atoms with Crippen LogP contribution in [0.25, 0.3) is 0 Å². The predicted molar refractivity (Wildman–Crippen MR) is 75.7 cm³/mol. The molecule has 0 saturated carbocycles. The number of rotatable bonds is 3. The van der Waals surface area contributed by atoms with E-state index in [0.717, 1.165) is 18.2 Å². The Morgan fingerprint density at radius 2 is 1.71 bits per heavy atom. The van der Waals surface area contributed by atoms with Gasteiger partial charge in [-0.15, -0.1) is 0 Å². The van der Waals surface area contributed by atoms with E-state index in [1.54, 1.807) is 0 Å². The molecule has 2 aromatic rings. The Morgan fingerprint density at radius 1 is 1.05 bits per heavy atom. The lowest BCUT2D eigenvalue weighted by molar-refractivity contribution is 0.486. The van der Waals surface area contributed by atoms with Crippen LogP contribution in [0.2, 0.25) is 0 Å². The molecule has 0 aliphatic carbocycles. The average molecular weight is 381 g/mol. The lowest BCUT2D eigenvalue weighted by Crippen LogP contribution is -2.16. The zero-order chi connectivity index (χ0) is 15.8. The summed E-state index contributed by atoms with van der Waals surface area (Å²) < 4.78 is 66.7. The van der Waals surface area contributed by atoms with E-state index < -0.39 is 38.1 Å². The molecule has 0 aliphatic rings. The summed E-state index contributed by atoms with van der Waals surface area (Å²) >= 11 is 3.04. The number of hydrogen-bond donors (Lipinski definition) is 2. The molecule has 4 nitrogen and oxygen atoms in total. The summed E-state index contributed by atoms with van der Waals surface area (Å²) in [6, 6.07) is 4.91. The highest BCUT2D eigenvalue weighted by atomic mass is 79.9. The highest BCUT2D eigenvalue weighted by Crippen LogP contribution is 2.26. The fourth-order valence-corrected chi connectivity index (χ4v) is 3.10. The molecule has 0 aromatic heterocycles. The predicted octanol–water partition coefficient (Wildman–Crippen LogP) is 3.25. The fraction of sp³-hybridized carbons (Fsp3) is 0. The van der Waals surface area contributed by atoms with Crippen LogP contribution in [0.4, 0.5) is 24.5 Å². The van der Waals surface area contributed by atoms with Crippen LogP contribution in [0.5, 0.6) is 0 Å². The molecule has 0 radical (unpaired) electrons. The third-order valence-corrected chi connectivity index (χ3v) is 4.34. The zero-order valence-corrected chi connectivity index (χ0v) is 12.6. The maximum absolute atomic E-state index is 13.6. The van der Waals surface area contributed by atoms with Gasteiger partial charge in [-0.3, -0.25) is 4.72 Å². The quantitative estimate of drug-likeness (QED) is 0.802. The van der Waals surface area contributed by atoms with Crippen LogP contribution in [0.3, 0.4) is 0 Å². The minimum atomic E-state index is -4.53. The molecule has 0 saturated heterocycles. The summed E-state index contributed by atoms with van der Waals surface area (Å²) in [5, 5.41) is 0. The van der Waals surface area contributed by atoms with Crippen molar-refractivity contribution < 1.29 is 21.6 Å². The number of anilines is 2. The Balaban J connectivity index is 2.51. The maximum atomic E-state index is 13.6. The molecular weight excluding hydrogens is 373 g/mol. The Bertz CT molecular complexity index is 812. The van der Waals surface area contributed by atoms with Crippen molar-refractivity contribution in [1.82, 2.24) is 0 Å². The Labute approximate surface area is 127 Å². The van der Waals surface area contributed by atoms with Crippen LogP contribution in [-0.4, -0.2) is 8.42 Å². The van der Waals surface area contributed by atoms with E-state index >= 15 is 0 Å². The van der Waals surface area contributed by atoms with Crippen molar-refractivity contribution in [3.05, 3.63) is 52.3 Å². The van der Waals surface area contributed by atoms with Crippen LogP contribution in [-0.2, 0) is 10.0 Å². The van der Waals surface area contributed by atoms with Crippen LogP contribution >= 0.6 is 15.9 Å². The maximum Gasteiger partial charge on any atom is 0.265 e. The van der Waals surface area contributed by atoms with Gasteiger partial charge in [0.05, 0.1) is 5.69 Å². The summed E-state index contributed by atoms with van der Waals surface area (Å²) in [6.45, 7) is 0. The van der Waals surface area contributed by atoms with Gasteiger partial charge in [0.1, 0.15) is 10.7 Å². The minimum absolute atomic E-state index is 0.274. The molecule has 0 amide bonds. The summed E-state index contributed by atoms with van der Waals surface area (Å²) in [7, 11) is -4.53. The summed E-state index contributed by atoms with van der Waals surface area (Å²) in [5.41, 5.74) is 4.61. The SMILES string of the molecule is Nc1cc(F)c(F)c(S(=O)(=O)Nc2cc(Br)ccc2F)c1. The van der Waals surface area contributed by atoms with Crippen LogP contribution in [0, 0.1) is 17.5 Å². The molecule has 3 N–H and O–H groups in total. The van der Waals surface area contributed by atoms with Crippen LogP contribution in [0.15, 0.2) is 39.7 Å². The third kappa shape index (κ3) is 3.30. The van der Waals surface area contributed by atoms with E-state index in [9.17, 15) is 21.6 Å². The van der Waals surface area contributed by atoms with E-state index in [2.05, 4.69) is 15.9 Å². The van der Waals surface area contributed by atoms with Crippen LogP contribution < -0.4 is 10.5 Å². The Hall–Kier alpha value is -1.74. The first-order chi connectivity index (χ1) is 9.70. The van der Waals surface area contributed by atoms with E-state index in [0.29, 0.717) is 10.5 Å². The van der Waals surface area contributed by atoms with Gasteiger partial charge in [0.2, 0.25) is 0 Å². The van der Waals surface area contributed by atoms with Gasteiger partial charge in [0, 0.05) is 10.2 Å². The van der Waals surface area contributed by atoms with Crippen molar-refractivity contribution in [3.8, 4) is 0 Å². The summed E-state index contributed by atoms with van der Waals surface area (Å²) in [5.74, 6) is -3.87. The molecule has 0 atom stereocenters. The summed E-state index contributed by atoms with van der Waals surface area (Å²) in [6.07, 6.45) is 0. The van der Waals surface area contributed by atoms with E-state index in [4.69, 9.17) is 5.73 Å². The first kappa shape index (κ1) is 15.6. The largest absolute Gasteiger partial charge is 0.399 e. The molecule has 0 heterocycles. The molecule has 21 heavy (non-hydrogen) atoms. The first-order valence-corrected chi connectivity index (χ1v) is 7.71. The number of benzene rings is 2. The average Bonchev–Trinajstić information content (AvgIpc) is 2.37. The van der Waals surface area contributed by atoms with Crippen molar-refractivity contribution in [2.75, 3.05) is 10.5 Å². The van der Waals surface area contributed by atoms with Crippen LogP contribution in [0.1, 0.15) is 0 Å². The fourth-order valence-electron chi connectivity index (χ4n) is 1.55. The third-order valence-electron chi connectivity index (χ3n) is 2.48. The number of hydrogen-bond acceptors (Lipinski definition) is 3. The molecule has 9 heteroatoms. The smallest absolute Gasteiger partial charge is 0.265 e. The topological polar surface area (TPSA) is 72.2 Å².